The Kier molecular flexibility index (Phi) is 4.30. The molecular weight excluding hydrogens is 234 g/mol. The number of halogens is 1. The molecule has 0 aliphatic heterocycles. The van der Waals surface area contributed by atoms with Crippen LogP contribution >= 0.6 is 11.6 Å². The van der Waals surface area contributed by atoms with Crippen LogP contribution in [-0.2, 0) is 19.3 Å². The van der Waals surface area contributed by atoms with Gasteiger partial charge in [-0.15, -0.1) is 0 Å². The highest BCUT2D eigenvalue weighted by molar-refractivity contribution is 6.32. The third-order valence-electron chi connectivity index (χ3n) is 3.50. The molecule has 0 saturated heterocycles. The van der Waals surface area contributed by atoms with Crippen LogP contribution in [0, 0.1) is 0 Å². The van der Waals surface area contributed by atoms with Crippen LogP contribution in [0.1, 0.15) is 29.5 Å². The molecule has 1 N–H and O–H groups in total. The lowest BCUT2D eigenvalue weighted by molar-refractivity contribution is 0.408. The van der Waals surface area contributed by atoms with Crippen LogP contribution in [0.5, 0.6) is 5.75 Å². The predicted octanol–water partition coefficient (Wildman–Crippen LogP) is 2.99. The van der Waals surface area contributed by atoms with Gasteiger partial charge in [0.25, 0.3) is 0 Å². The molecule has 0 heterocycles. The minimum Gasteiger partial charge on any atom is -0.495 e. The Morgan fingerprint density at radius 2 is 2.12 bits per heavy atom. The fraction of sp³-hybridized carbons (Fsp3) is 0.571. The molecular formula is C14H20ClNO. The molecule has 0 amide bonds. The SMILES string of the molecule is CNCCc1c2c(cc(Cl)c1OC)CCCC2. The minimum atomic E-state index is 0.763. The Hall–Kier alpha value is -0.730. The zero-order valence-corrected chi connectivity index (χ0v) is 11.4. The van der Waals surface area contributed by atoms with Gasteiger partial charge in [-0.1, -0.05) is 11.6 Å². The summed E-state index contributed by atoms with van der Waals surface area (Å²) in [6.45, 7) is 0.961. The molecule has 0 aromatic heterocycles. The number of nitrogens with one attached hydrogen (secondary N) is 1. The monoisotopic (exact) mass is 253 g/mol. The first-order valence-electron chi connectivity index (χ1n) is 6.29. The van der Waals surface area contributed by atoms with E-state index in [0.717, 1.165) is 30.2 Å². The average Bonchev–Trinajstić information content (AvgIpc) is 2.35. The molecule has 0 atom stereocenters. The van der Waals surface area contributed by atoms with Crippen LogP contribution in [0.3, 0.4) is 0 Å². The highest BCUT2D eigenvalue weighted by Crippen LogP contribution is 2.37. The molecule has 0 fully saturated rings. The second kappa shape index (κ2) is 5.74. The van der Waals surface area contributed by atoms with Gasteiger partial charge in [-0.25, -0.2) is 0 Å². The summed E-state index contributed by atoms with van der Waals surface area (Å²) in [5.74, 6) is 0.877. The van der Waals surface area contributed by atoms with Crippen LogP contribution in [0.2, 0.25) is 5.02 Å². The molecule has 2 nitrogen and oxygen atoms in total. The van der Waals surface area contributed by atoms with E-state index in [1.54, 1.807) is 7.11 Å². The van der Waals surface area contributed by atoms with Gasteiger partial charge >= 0.3 is 0 Å². The Morgan fingerprint density at radius 1 is 1.35 bits per heavy atom. The number of methoxy groups -OCH3 is 1. The highest BCUT2D eigenvalue weighted by Gasteiger charge is 2.19. The molecule has 1 aliphatic rings. The van der Waals surface area contributed by atoms with Gasteiger partial charge in [0.2, 0.25) is 0 Å². The van der Waals surface area contributed by atoms with Crippen molar-refractivity contribution in [3.8, 4) is 5.75 Å². The Bertz CT molecular complexity index is 404. The molecule has 0 bridgehead atoms. The zero-order valence-electron chi connectivity index (χ0n) is 10.6. The van der Waals surface area contributed by atoms with Crippen LogP contribution in [0.4, 0.5) is 0 Å². The highest BCUT2D eigenvalue weighted by atomic mass is 35.5. The van der Waals surface area contributed by atoms with E-state index in [4.69, 9.17) is 16.3 Å². The standard InChI is InChI=1S/C14H20ClNO/c1-16-8-7-12-11-6-4-3-5-10(11)9-13(15)14(12)17-2/h9,16H,3-8H2,1-2H3. The van der Waals surface area contributed by atoms with E-state index in [1.807, 2.05) is 7.05 Å². The number of fused-ring (bicyclic) bond motifs is 1. The Morgan fingerprint density at radius 3 is 2.82 bits per heavy atom. The maximum Gasteiger partial charge on any atom is 0.140 e. The normalized spacial score (nSPS) is 14.5. The van der Waals surface area contributed by atoms with E-state index in [0.29, 0.717) is 0 Å². The number of likely N-dealkylation sites (N-methyl/N-ethyl adjacent to an activating group) is 1. The van der Waals surface area contributed by atoms with Gasteiger partial charge in [-0.05, 0) is 62.9 Å². The molecule has 1 aliphatic carbocycles. The maximum atomic E-state index is 6.30. The van der Waals surface area contributed by atoms with Crippen molar-refractivity contribution in [3.05, 3.63) is 27.8 Å². The molecule has 0 spiro atoms. The van der Waals surface area contributed by atoms with Crippen molar-refractivity contribution in [2.75, 3.05) is 20.7 Å². The molecule has 1 aromatic carbocycles. The Labute approximate surface area is 108 Å². The van der Waals surface area contributed by atoms with E-state index in [1.165, 1.54) is 36.0 Å². The first-order valence-corrected chi connectivity index (χ1v) is 6.67. The lowest BCUT2D eigenvalue weighted by atomic mass is 9.86. The number of aryl methyl sites for hydroxylation is 1. The van der Waals surface area contributed by atoms with E-state index >= 15 is 0 Å². The quantitative estimate of drug-likeness (QED) is 0.891. The fourth-order valence-corrected chi connectivity index (χ4v) is 2.99. The minimum absolute atomic E-state index is 0.763. The summed E-state index contributed by atoms with van der Waals surface area (Å²) in [4.78, 5) is 0. The third-order valence-corrected chi connectivity index (χ3v) is 3.78. The molecule has 3 heteroatoms. The van der Waals surface area contributed by atoms with E-state index in [-0.39, 0.29) is 0 Å². The number of hydrogen-bond donors (Lipinski definition) is 1. The number of hydrogen-bond acceptors (Lipinski definition) is 2. The lowest BCUT2D eigenvalue weighted by Crippen LogP contribution is -2.15. The summed E-state index contributed by atoms with van der Waals surface area (Å²) in [5, 5.41) is 3.96. The summed E-state index contributed by atoms with van der Waals surface area (Å²) >= 11 is 6.30. The van der Waals surface area contributed by atoms with Crippen molar-refractivity contribution in [1.82, 2.24) is 5.32 Å². The van der Waals surface area contributed by atoms with Crippen molar-refractivity contribution in [2.45, 2.75) is 32.1 Å². The van der Waals surface area contributed by atoms with Gasteiger partial charge in [0.1, 0.15) is 5.75 Å². The Balaban J connectivity index is 2.45. The second-order valence-corrected chi connectivity index (χ2v) is 4.98. The van der Waals surface area contributed by atoms with Crippen molar-refractivity contribution in [3.63, 3.8) is 0 Å². The molecule has 17 heavy (non-hydrogen) atoms. The first-order chi connectivity index (χ1) is 8.27. The van der Waals surface area contributed by atoms with Gasteiger partial charge in [0.15, 0.2) is 0 Å². The third kappa shape index (κ3) is 2.58. The van der Waals surface area contributed by atoms with Crippen molar-refractivity contribution in [1.29, 1.82) is 0 Å². The number of rotatable bonds is 4. The summed E-state index contributed by atoms with van der Waals surface area (Å²) in [5.41, 5.74) is 4.21. The van der Waals surface area contributed by atoms with E-state index < -0.39 is 0 Å². The van der Waals surface area contributed by atoms with Crippen LogP contribution in [0.15, 0.2) is 6.07 Å². The molecule has 1 aromatic rings. The van der Waals surface area contributed by atoms with Gasteiger partial charge in [-0.2, -0.15) is 0 Å². The van der Waals surface area contributed by atoms with Crippen LogP contribution in [0.25, 0.3) is 0 Å². The summed E-state index contributed by atoms with van der Waals surface area (Å²) in [7, 11) is 3.68. The van der Waals surface area contributed by atoms with Gasteiger partial charge in [-0.3, -0.25) is 0 Å². The van der Waals surface area contributed by atoms with E-state index in [2.05, 4.69) is 11.4 Å². The first kappa shape index (κ1) is 12.7. The number of benzene rings is 1. The maximum absolute atomic E-state index is 6.30. The largest absolute Gasteiger partial charge is 0.495 e. The lowest BCUT2D eigenvalue weighted by Gasteiger charge is -2.22. The summed E-state index contributed by atoms with van der Waals surface area (Å²) < 4.78 is 5.48. The fourth-order valence-electron chi connectivity index (χ4n) is 2.67. The summed E-state index contributed by atoms with van der Waals surface area (Å²) in [6.07, 6.45) is 5.88. The van der Waals surface area contributed by atoms with Crippen LogP contribution < -0.4 is 10.1 Å². The van der Waals surface area contributed by atoms with Gasteiger partial charge in [0.05, 0.1) is 12.1 Å². The zero-order chi connectivity index (χ0) is 12.3. The van der Waals surface area contributed by atoms with Crippen molar-refractivity contribution >= 4 is 11.6 Å². The van der Waals surface area contributed by atoms with Gasteiger partial charge in [0, 0.05) is 5.56 Å². The smallest absolute Gasteiger partial charge is 0.140 e. The topological polar surface area (TPSA) is 21.3 Å². The molecule has 94 valence electrons. The predicted molar refractivity (Wildman–Crippen MR) is 72.3 cm³/mol. The second-order valence-electron chi connectivity index (χ2n) is 4.57. The van der Waals surface area contributed by atoms with Gasteiger partial charge < -0.3 is 10.1 Å². The molecule has 0 radical (unpaired) electrons. The van der Waals surface area contributed by atoms with Crippen molar-refractivity contribution in [2.24, 2.45) is 0 Å². The van der Waals surface area contributed by atoms with Crippen molar-refractivity contribution < 1.29 is 4.74 Å². The van der Waals surface area contributed by atoms with Crippen LogP contribution in [-0.4, -0.2) is 20.7 Å². The van der Waals surface area contributed by atoms with E-state index in [9.17, 15) is 0 Å². The summed E-state index contributed by atoms with van der Waals surface area (Å²) in [6, 6.07) is 2.09. The average molecular weight is 254 g/mol. The molecule has 2 rings (SSSR count). The number of ether oxygens (including phenoxy) is 1. The molecule has 0 unspecified atom stereocenters. The molecule has 0 saturated carbocycles.